The molecule has 2 N–H and O–H groups in total. The molecule has 0 aliphatic rings. The number of hydrogen-bond donors (Lipinski definition) is 1. The van der Waals surface area contributed by atoms with Crippen molar-refractivity contribution in [3.05, 3.63) is 59.4 Å². The lowest BCUT2D eigenvalue weighted by Gasteiger charge is -2.14. The van der Waals surface area contributed by atoms with E-state index in [1.165, 1.54) is 18.0 Å². The Morgan fingerprint density at radius 3 is 2.65 bits per heavy atom. The summed E-state index contributed by atoms with van der Waals surface area (Å²) < 4.78 is 14.0. The fourth-order valence-corrected chi connectivity index (χ4v) is 4.09. The number of ether oxygens (including phenoxy) is 2. The number of aryl methyl sites for hydroxylation is 1. The lowest BCUT2D eigenvalue weighted by Crippen LogP contribution is -2.22. The number of halogens is 3. The number of nitrogens with two attached hydrogens (primary N) is 1. The number of fused-ring (bicyclic) bond motifs is 1. The quantitative estimate of drug-likeness (QED) is 0.404. The Bertz CT molecular complexity index is 1260. The molecule has 0 atom stereocenters. The Balaban J connectivity index is 2.10. The molecule has 2 aromatic carbocycles. The molecular weight excluding hydrogens is 600 g/mol. The Hall–Kier alpha value is -2.24. The van der Waals surface area contributed by atoms with E-state index in [-0.39, 0.29) is 12.2 Å². The molecular formula is C20H17Br3N4O4. The molecule has 0 saturated carbocycles. The van der Waals surface area contributed by atoms with Crippen molar-refractivity contribution >= 4 is 70.8 Å². The molecule has 0 saturated heterocycles. The van der Waals surface area contributed by atoms with Crippen molar-refractivity contribution in [3.63, 3.8) is 0 Å². The van der Waals surface area contributed by atoms with E-state index in [1.54, 1.807) is 18.2 Å². The van der Waals surface area contributed by atoms with Gasteiger partial charge in [-0.15, -0.1) is 0 Å². The number of primary amides is 1. The van der Waals surface area contributed by atoms with Gasteiger partial charge in [0.25, 0.3) is 11.5 Å². The van der Waals surface area contributed by atoms with E-state index in [0.717, 1.165) is 4.47 Å². The number of aromatic nitrogens is 2. The number of benzene rings is 2. The van der Waals surface area contributed by atoms with Crippen LogP contribution >= 0.6 is 47.8 Å². The van der Waals surface area contributed by atoms with Crippen LogP contribution in [0.4, 0.5) is 0 Å². The standard InChI is InChI=1S/C20H17Br3N4O4/c1-3-16-26-13-5-4-11(21)7-12(13)20(29)27(16)25-8-10-6-14(30-2)19(18(23)17(10)22)31-9-15(24)28/h4-8H,3,9H2,1-2H3,(H2,24,28). The molecule has 3 aromatic rings. The van der Waals surface area contributed by atoms with E-state index in [0.29, 0.717) is 49.2 Å². The molecule has 162 valence electrons. The number of nitrogens with zero attached hydrogens (tertiary/aromatic N) is 3. The van der Waals surface area contributed by atoms with Gasteiger partial charge in [0.15, 0.2) is 18.1 Å². The smallest absolute Gasteiger partial charge is 0.282 e. The highest BCUT2D eigenvalue weighted by molar-refractivity contribution is 9.13. The molecule has 3 rings (SSSR count). The Morgan fingerprint density at radius 1 is 1.26 bits per heavy atom. The van der Waals surface area contributed by atoms with Crippen LogP contribution in [0.15, 0.2) is 47.6 Å². The van der Waals surface area contributed by atoms with Gasteiger partial charge in [-0.05, 0) is 56.1 Å². The summed E-state index contributed by atoms with van der Waals surface area (Å²) in [5.74, 6) is 0.590. The highest BCUT2D eigenvalue weighted by Crippen LogP contribution is 2.42. The second-order valence-corrected chi connectivity index (χ2v) is 8.79. The monoisotopic (exact) mass is 614 g/mol. The van der Waals surface area contributed by atoms with Crippen LogP contribution < -0.4 is 20.8 Å². The normalized spacial score (nSPS) is 11.3. The molecule has 0 fully saturated rings. The van der Waals surface area contributed by atoms with Crippen LogP contribution in [0.1, 0.15) is 18.3 Å². The first-order chi connectivity index (χ1) is 14.8. The van der Waals surface area contributed by atoms with Gasteiger partial charge in [-0.3, -0.25) is 9.59 Å². The minimum absolute atomic E-state index is 0.275. The second kappa shape index (κ2) is 9.92. The Labute approximate surface area is 202 Å². The topological polar surface area (TPSA) is 109 Å². The van der Waals surface area contributed by atoms with Gasteiger partial charge in [-0.25, -0.2) is 4.98 Å². The summed E-state index contributed by atoms with van der Waals surface area (Å²) in [4.78, 5) is 28.7. The summed E-state index contributed by atoms with van der Waals surface area (Å²) in [6, 6.07) is 7.01. The number of carbonyl (C=O) groups excluding carboxylic acids is 1. The van der Waals surface area contributed by atoms with Gasteiger partial charge in [0, 0.05) is 20.9 Å². The molecule has 8 nitrogen and oxygen atoms in total. The van der Waals surface area contributed by atoms with Crippen molar-refractivity contribution in [1.29, 1.82) is 0 Å². The SMILES string of the molecule is CCc1nc2ccc(Br)cc2c(=O)n1N=Cc1cc(OC)c(OCC(N)=O)c(Br)c1Br. The van der Waals surface area contributed by atoms with Crippen LogP contribution in [0.25, 0.3) is 10.9 Å². The maximum absolute atomic E-state index is 13.0. The maximum Gasteiger partial charge on any atom is 0.282 e. The van der Waals surface area contributed by atoms with E-state index in [4.69, 9.17) is 15.2 Å². The summed E-state index contributed by atoms with van der Waals surface area (Å²) in [5.41, 5.74) is 6.10. The third kappa shape index (κ3) is 4.99. The number of carbonyl (C=O) groups is 1. The first-order valence-corrected chi connectivity index (χ1v) is 11.4. The molecule has 1 aromatic heterocycles. The predicted molar refractivity (Wildman–Crippen MR) is 129 cm³/mol. The van der Waals surface area contributed by atoms with Crippen LogP contribution in [0.3, 0.4) is 0 Å². The Morgan fingerprint density at radius 2 is 2.00 bits per heavy atom. The van der Waals surface area contributed by atoms with Crippen molar-refractivity contribution in [3.8, 4) is 11.5 Å². The largest absolute Gasteiger partial charge is 0.493 e. The van der Waals surface area contributed by atoms with E-state index in [1.807, 2.05) is 13.0 Å². The molecule has 0 aliphatic heterocycles. The zero-order valence-corrected chi connectivity index (χ0v) is 21.2. The summed E-state index contributed by atoms with van der Waals surface area (Å²) >= 11 is 10.3. The molecule has 0 spiro atoms. The predicted octanol–water partition coefficient (Wildman–Crippen LogP) is 4.00. The Kier molecular flexibility index (Phi) is 7.50. The molecule has 0 radical (unpaired) electrons. The van der Waals surface area contributed by atoms with E-state index in [2.05, 4.69) is 57.9 Å². The van der Waals surface area contributed by atoms with Gasteiger partial charge in [0.2, 0.25) is 0 Å². The first-order valence-electron chi connectivity index (χ1n) is 8.99. The number of amides is 1. The van der Waals surface area contributed by atoms with Crippen LogP contribution in [-0.4, -0.2) is 35.5 Å². The van der Waals surface area contributed by atoms with Crippen molar-refractivity contribution in [1.82, 2.24) is 9.66 Å². The third-order valence-corrected chi connectivity index (χ3v) is 6.87. The number of hydrogen-bond acceptors (Lipinski definition) is 6. The van der Waals surface area contributed by atoms with E-state index in [9.17, 15) is 9.59 Å². The van der Waals surface area contributed by atoms with Crippen LogP contribution in [-0.2, 0) is 11.2 Å². The van der Waals surface area contributed by atoms with Gasteiger partial charge in [-0.2, -0.15) is 9.78 Å². The van der Waals surface area contributed by atoms with Gasteiger partial charge in [0.1, 0.15) is 5.82 Å². The summed E-state index contributed by atoms with van der Waals surface area (Å²) in [5, 5.41) is 4.84. The van der Waals surface area contributed by atoms with Crippen molar-refractivity contribution in [2.24, 2.45) is 10.8 Å². The average Bonchev–Trinajstić information content (AvgIpc) is 2.74. The maximum atomic E-state index is 13.0. The highest BCUT2D eigenvalue weighted by Gasteiger charge is 2.17. The summed E-state index contributed by atoms with van der Waals surface area (Å²) in [7, 11) is 1.47. The molecule has 0 aliphatic carbocycles. The van der Waals surface area contributed by atoms with E-state index < -0.39 is 5.91 Å². The van der Waals surface area contributed by atoms with Gasteiger partial charge in [0.05, 0.1) is 28.7 Å². The zero-order valence-electron chi connectivity index (χ0n) is 16.5. The second-order valence-electron chi connectivity index (χ2n) is 6.28. The summed E-state index contributed by atoms with van der Waals surface area (Å²) in [6.45, 7) is 1.60. The number of methoxy groups -OCH3 is 1. The summed E-state index contributed by atoms with van der Waals surface area (Å²) in [6.07, 6.45) is 2.04. The number of rotatable bonds is 7. The minimum Gasteiger partial charge on any atom is -0.493 e. The van der Waals surface area contributed by atoms with Crippen molar-refractivity contribution < 1.29 is 14.3 Å². The highest BCUT2D eigenvalue weighted by atomic mass is 79.9. The van der Waals surface area contributed by atoms with Gasteiger partial charge >= 0.3 is 0 Å². The fourth-order valence-electron chi connectivity index (χ4n) is 2.79. The van der Waals surface area contributed by atoms with Crippen LogP contribution in [0.2, 0.25) is 0 Å². The van der Waals surface area contributed by atoms with Gasteiger partial charge in [-0.1, -0.05) is 22.9 Å². The molecule has 1 amide bonds. The zero-order chi connectivity index (χ0) is 22.7. The van der Waals surface area contributed by atoms with Crippen molar-refractivity contribution in [2.45, 2.75) is 13.3 Å². The lowest BCUT2D eigenvalue weighted by molar-refractivity contribution is -0.119. The molecule has 1 heterocycles. The van der Waals surface area contributed by atoms with E-state index >= 15 is 0 Å². The average molecular weight is 617 g/mol. The molecule has 0 bridgehead atoms. The van der Waals surface area contributed by atoms with Crippen LogP contribution in [0.5, 0.6) is 11.5 Å². The van der Waals surface area contributed by atoms with Crippen LogP contribution in [0, 0.1) is 0 Å². The van der Waals surface area contributed by atoms with Gasteiger partial charge < -0.3 is 15.2 Å². The first kappa shape index (κ1) is 23.4. The molecule has 31 heavy (non-hydrogen) atoms. The minimum atomic E-state index is -0.613. The fraction of sp³-hybridized carbons (Fsp3) is 0.200. The molecule has 11 heteroatoms. The van der Waals surface area contributed by atoms with Crippen molar-refractivity contribution in [2.75, 3.05) is 13.7 Å². The lowest BCUT2D eigenvalue weighted by atomic mass is 10.2. The third-order valence-electron chi connectivity index (χ3n) is 4.24. The molecule has 0 unspecified atom stereocenters.